The highest BCUT2D eigenvalue weighted by Crippen LogP contribution is 2.65. The Balaban J connectivity index is 1.24. The summed E-state index contributed by atoms with van der Waals surface area (Å²) >= 11 is 0. The summed E-state index contributed by atoms with van der Waals surface area (Å²) in [5.74, 6) is 4.44. The second-order valence-corrected chi connectivity index (χ2v) is 12.3. The maximum absolute atomic E-state index is 13.8. The van der Waals surface area contributed by atoms with Crippen molar-refractivity contribution in [1.82, 2.24) is 0 Å². The Labute approximate surface area is 192 Å². The van der Waals surface area contributed by atoms with Crippen molar-refractivity contribution in [3.63, 3.8) is 0 Å². The molecule has 0 bridgehead atoms. The summed E-state index contributed by atoms with van der Waals surface area (Å²) in [6, 6.07) is 14.7. The molecule has 0 spiro atoms. The summed E-state index contributed by atoms with van der Waals surface area (Å²) in [6.07, 6.45) is 10.6. The monoisotopic (exact) mass is 430 g/mol. The van der Waals surface area contributed by atoms with Crippen LogP contribution in [0.25, 0.3) is 10.8 Å². The average molecular weight is 431 g/mol. The van der Waals surface area contributed by atoms with Crippen molar-refractivity contribution in [1.29, 1.82) is 0 Å². The molecule has 0 heterocycles. The molecular formula is C30H38O2. The van der Waals surface area contributed by atoms with Gasteiger partial charge in [-0.15, -0.1) is 0 Å². The molecule has 8 atom stereocenters. The largest absolute Gasteiger partial charge is 0.390 e. The van der Waals surface area contributed by atoms with Crippen LogP contribution in [0.15, 0.2) is 42.5 Å². The van der Waals surface area contributed by atoms with E-state index in [9.17, 15) is 9.90 Å². The number of Topliss-reactive ketones (excluding diaryl/α,β-unsaturated/α-hetero) is 1. The highest BCUT2D eigenvalue weighted by Gasteiger charge is 2.58. The van der Waals surface area contributed by atoms with Crippen molar-refractivity contribution in [3.05, 3.63) is 48.0 Å². The van der Waals surface area contributed by atoms with Gasteiger partial charge in [-0.3, -0.25) is 4.79 Å². The maximum atomic E-state index is 13.8. The standard InChI is InChI=1S/C30H38O2/c1-29(32)15-13-23-22(18-29)9-10-25-24(23)14-16-30(2)26(25)11-12-27(30)28(31)21-8-7-19-5-3-4-6-20(19)17-21/h3-8,17,22-27,32H,9-16,18H2,1-2H3/t22-,23-,24+,25+,26-,27+,29+,30-/m0/s1. The first-order valence-corrected chi connectivity index (χ1v) is 13.1. The fourth-order valence-electron chi connectivity index (χ4n) is 9.06. The van der Waals surface area contributed by atoms with Gasteiger partial charge in [0.05, 0.1) is 5.60 Å². The summed E-state index contributed by atoms with van der Waals surface area (Å²) in [4.78, 5) is 13.8. The molecule has 2 aromatic carbocycles. The van der Waals surface area contributed by atoms with Crippen molar-refractivity contribution in [3.8, 4) is 0 Å². The molecule has 4 saturated carbocycles. The molecule has 0 amide bonds. The van der Waals surface area contributed by atoms with Gasteiger partial charge in [0.15, 0.2) is 5.78 Å². The second-order valence-electron chi connectivity index (χ2n) is 12.3. The first-order chi connectivity index (χ1) is 15.4. The molecule has 32 heavy (non-hydrogen) atoms. The van der Waals surface area contributed by atoms with Crippen LogP contribution < -0.4 is 0 Å². The van der Waals surface area contributed by atoms with Gasteiger partial charge in [0.1, 0.15) is 0 Å². The van der Waals surface area contributed by atoms with Crippen LogP contribution in [0.5, 0.6) is 0 Å². The molecule has 0 aromatic heterocycles. The minimum absolute atomic E-state index is 0.164. The molecule has 4 fully saturated rings. The lowest BCUT2D eigenvalue weighted by Gasteiger charge is -2.56. The fraction of sp³-hybridized carbons (Fsp3) is 0.633. The van der Waals surface area contributed by atoms with Crippen molar-refractivity contribution in [2.45, 2.75) is 77.2 Å². The zero-order valence-electron chi connectivity index (χ0n) is 19.7. The summed E-state index contributed by atoms with van der Waals surface area (Å²) in [6.45, 7) is 4.51. The Kier molecular flexibility index (Phi) is 4.85. The van der Waals surface area contributed by atoms with E-state index in [2.05, 4.69) is 49.4 Å². The van der Waals surface area contributed by atoms with Crippen LogP contribution >= 0.6 is 0 Å². The molecule has 6 rings (SSSR count). The Morgan fingerprint density at radius 2 is 1.62 bits per heavy atom. The predicted octanol–water partition coefficient (Wildman–Crippen LogP) is 7.04. The van der Waals surface area contributed by atoms with Gasteiger partial charge in [0.2, 0.25) is 0 Å². The Bertz CT molecular complexity index is 1040. The van der Waals surface area contributed by atoms with Crippen LogP contribution in [0.4, 0.5) is 0 Å². The third-order valence-corrected chi connectivity index (χ3v) is 10.6. The van der Waals surface area contributed by atoms with E-state index in [0.29, 0.717) is 11.7 Å². The van der Waals surface area contributed by atoms with E-state index in [1.165, 1.54) is 49.3 Å². The lowest BCUT2D eigenvalue weighted by molar-refractivity contribution is -0.0976. The van der Waals surface area contributed by atoms with Crippen molar-refractivity contribution in [2.24, 2.45) is 40.9 Å². The van der Waals surface area contributed by atoms with Crippen LogP contribution in [0.1, 0.15) is 82.0 Å². The lowest BCUT2D eigenvalue weighted by atomic mass is 9.49. The average Bonchev–Trinajstić information content (AvgIpc) is 3.14. The Hall–Kier alpha value is -1.67. The third-order valence-electron chi connectivity index (χ3n) is 10.6. The number of benzene rings is 2. The van der Waals surface area contributed by atoms with Gasteiger partial charge in [-0.25, -0.2) is 0 Å². The predicted molar refractivity (Wildman–Crippen MR) is 130 cm³/mol. The first-order valence-electron chi connectivity index (χ1n) is 13.1. The fourth-order valence-corrected chi connectivity index (χ4v) is 9.06. The lowest BCUT2D eigenvalue weighted by Crippen LogP contribution is -2.51. The van der Waals surface area contributed by atoms with Crippen LogP contribution in [0.3, 0.4) is 0 Å². The normalized spacial score (nSPS) is 43.3. The highest BCUT2D eigenvalue weighted by atomic mass is 16.3. The number of rotatable bonds is 2. The van der Waals surface area contributed by atoms with E-state index < -0.39 is 5.60 Å². The SMILES string of the molecule is C[C@@]1(O)CC[C@H]2[C@@H](CC[C@@H]3[C@@H]2CC[C@]2(C)[C@@H](C(=O)c4ccc5ccccc5c4)CC[C@@H]32)C1. The quantitative estimate of drug-likeness (QED) is 0.519. The Morgan fingerprint density at radius 1 is 0.844 bits per heavy atom. The molecule has 0 radical (unpaired) electrons. The smallest absolute Gasteiger partial charge is 0.166 e. The van der Waals surface area contributed by atoms with Crippen molar-refractivity contribution in [2.75, 3.05) is 0 Å². The number of ketones is 1. The maximum Gasteiger partial charge on any atom is 0.166 e. The third kappa shape index (κ3) is 3.20. The van der Waals surface area contributed by atoms with E-state index >= 15 is 0 Å². The van der Waals surface area contributed by atoms with Gasteiger partial charge in [-0.05, 0) is 117 Å². The summed E-state index contributed by atoms with van der Waals surface area (Å²) in [7, 11) is 0. The molecule has 1 N–H and O–H groups in total. The number of carbonyl (C=O) groups excluding carboxylic acids is 1. The highest BCUT2D eigenvalue weighted by molar-refractivity contribution is 6.01. The minimum Gasteiger partial charge on any atom is -0.390 e. The number of hydrogen-bond donors (Lipinski definition) is 1. The van der Waals surface area contributed by atoms with Gasteiger partial charge in [0, 0.05) is 11.5 Å². The molecule has 0 aliphatic heterocycles. The molecule has 0 saturated heterocycles. The van der Waals surface area contributed by atoms with E-state index in [1.54, 1.807) is 0 Å². The van der Waals surface area contributed by atoms with E-state index in [1.807, 2.05) is 6.92 Å². The molecule has 170 valence electrons. The number of fused-ring (bicyclic) bond motifs is 6. The van der Waals surface area contributed by atoms with Gasteiger partial charge in [0.25, 0.3) is 0 Å². The van der Waals surface area contributed by atoms with Crippen molar-refractivity contribution < 1.29 is 9.90 Å². The van der Waals surface area contributed by atoms with Crippen LogP contribution in [-0.2, 0) is 0 Å². The summed E-state index contributed by atoms with van der Waals surface area (Å²) in [5.41, 5.74) is 0.634. The number of aliphatic hydroxyl groups is 1. The van der Waals surface area contributed by atoms with E-state index in [-0.39, 0.29) is 11.3 Å². The summed E-state index contributed by atoms with van der Waals surface area (Å²) in [5, 5.41) is 13.0. The van der Waals surface area contributed by atoms with Gasteiger partial charge >= 0.3 is 0 Å². The molecule has 2 aromatic rings. The van der Waals surface area contributed by atoms with Gasteiger partial charge in [-0.1, -0.05) is 43.3 Å². The first kappa shape index (κ1) is 20.9. The van der Waals surface area contributed by atoms with Crippen molar-refractivity contribution >= 4 is 16.6 Å². The zero-order valence-corrected chi connectivity index (χ0v) is 19.7. The molecule has 0 unspecified atom stereocenters. The molecule has 4 aliphatic carbocycles. The van der Waals surface area contributed by atoms with Crippen LogP contribution in [0.2, 0.25) is 0 Å². The molecule has 2 nitrogen and oxygen atoms in total. The second kappa shape index (κ2) is 7.42. The van der Waals surface area contributed by atoms with E-state index in [0.717, 1.165) is 48.5 Å². The molecule has 4 aliphatic rings. The van der Waals surface area contributed by atoms with Crippen LogP contribution in [0, 0.1) is 40.9 Å². The number of hydrogen-bond acceptors (Lipinski definition) is 2. The minimum atomic E-state index is -0.443. The summed E-state index contributed by atoms with van der Waals surface area (Å²) < 4.78 is 0. The zero-order chi connectivity index (χ0) is 22.1. The van der Waals surface area contributed by atoms with Gasteiger partial charge < -0.3 is 5.11 Å². The van der Waals surface area contributed by atoms with Gasteiger partial charge in [-0.2, -0.15) is 0 Å². The molecular weight excluding hydrogens is 392 g/mol. The van der Waals surface area contributed by atoms with E-state index in [4.69, 9.17) is 0 Å². The topological polar surface area (TPSA) is 37.3 Å². The van der Waals surface area contributed by atoms with Crippen LogP contribution in [-0.4, -0.2) is 16.5 Å². The Morgan fingerprint density at radius 3 is 2.47 bits per heavy atom. The number of carbonyl (C=O) groups is 1. The molecule has 2 heteroatoms.